The molecule has 0 aliphatic heterocycles. The Morgan fingerprint density at radius 2 is 2.19 bits per heavy atom. The molecule has 0 atom stereocenters. The first-order valence-corrected chi connectivity index (χ1v) is 4.69. The first kappa shape index (κ1) is 12.0. The Morgan fingerprint density at radius 3 is 2.69 bits per heavy atom. The van der Waals surface area contributed by atoms with Gasteiger partial charge in [0.1, 0.15) is 11.4 Å². The highest BCUT2D eigenvalue weighted by molar-refractivity contribution is 5.92. The normalized spacial score (nSPS) is 9.81. The van der Waals surface area contributed by atoms with E-state index in [-0.39, 0.29) is 17.8 Å². The zero-order valence-electron chi connectivity index (χ0n) is 8.77. The maximum Gasteiger partial charge on any atom is 0.339 e. The van der Waals surface area contributed by atoms with Crippen LogP contribution in [0.4, 0.5) is 5.82 Å². The number of carbonyl (C=O) groups excluding carboxylic acids is 1. The second-order valence-corrected chi connectivity index (χ2v) is 3.02. The number of aromatic nitrogens is 1. The zero-order chi connectivity index (χ0) is 12.1. The van der Waals surface area contributed by atoms with Gasteiger partial charge >= 0.3 is 11.9 Å². The topological polar surface area (TPSA) is 103 Å². The van der Waals surface area contributed by atoms with E-state index in [1.807, 2.05) is 0 Å². The van der Waals surface area contributed by atoms with E-state index >= 15 is 0 Å². The number of hydrogen-bond acceptors (Lipinski definition) is 5. The van der Waals surface area contributed by atoms with E-state index in [1.54, 1.807) is 6.92 Å². The lowest BCUT2D eigenvalue weighted by molar-refractivity contribution is -0.142. The van der Waals surface area contributed by atoms with Crippen LogP contribution in [0, 0.1) is 0 Å². The van der Waals surface area contributed by atoms with Crippen molar-refractivity contribution in [2.45, 2.75) is 13.3 Å². The van der Waals surface area contributed by atoms with Crippen molar-refractivity contribution in [3.8, 4) is 0 Å². The molecule has 6 heteroatoms. The number of hydrogen-bond donors (Lipinski definition) is 2. The number of carbonyl (C=O) groups is 2. The Labute approximate surface area is 92.0 Å². The van der Waals surface area contributed by atoms with E-state index in [0.29, 0.717) is 12.3 Å². The van der Waals surface area contributed by atoms with Crippen molar-refractivity contribution in [2.75, 3.05) is 12.3 Å². The van der Waals surface area contributed by atoms with E-state index in [1.165, 1.54) is 12.1 Å². The number of aromatic carboxylic acids is 1. The third-order valence-electron chi connectivity index (χ3n) is 1.84. The van der Waals surface area contributed by atoms with E-state index in [2.05, 4.69) is 4.98 Å². The molecule has 1 aromatic rings. The summed E-state index contributed by atoms with van der Waals surface area (Å²) in [5, 5.41) is 8.71. The van der Waals surface area contributed by atoms with Gasteiger partial charge in [0.15, 0.2) is 0 Å². The molecule has 1 heterocycles. The van der Waals surface area contributed by atoms with Gasteiger partial charge in [0, 0.05) is 0 Å². The van der Waals surface area contributed by atoms with Crippen molar-refractivity contribution in [3.63, 3.8) is 0 Å². The Morgan fingerprint density at radius 1 is 1.50 bits per heavy atom. The summed E-state index contributed by atoms with van der Waals surface area (Å²) in [6.07, 6.45) is -0.0159. The molecule has 16 heavy (non-hydrogen) atoms. The van der Waals surface area contributed by atoms with Gasteiger partial charge < -0.3 is 15.6 Å². The molecule has 0 radical (unpaired) electrons. The number of rotatable bonds is 4. The van der Waals surface area contributed by atoms with E-state index in [4.69, 9.17) is 15.6 Å². The van der Waals surface area contributed by atoms with Gasteiger partial charge in [-0.2, -0.15) is 0 Å². The maximum absolute atomic E-state index is 11.1. The molecular weight excluding hydrogens is 212 g/mol. The largest absolute Gasteiger partial charge is 0.478 e. The molecule has 6 nitrogen and oxygen atoms in total. The van der Waals surface area contributed by atoms with Crippen LogP contribution >= 0.6 is 0 Å². The van der Waals surface area contributed by atoms with Gasteiger partial charge in [-0.25, -0.2) is 9.78 Å². The molecule has 0 bridgehead atoms. The number of esters is 1. The molecule has 86 valence electrons. The summed E-state index contributed by atoms with van der Waals surface area (Å²) < 4.78 is 4.73. The van der Waals surface area contributed by atoms with Crippen LogP contribution < -0.4 is 5.73 Å². The number of nitrogens with two attached hydrogens (primary N) is 1. The average molecular weight is 224 g/mol. The molecular formula is C10H12N2O4. The molecule has 1 rings (SSSR count). The van der Waals surface area contributed by atoms with Crippen molar-refractivity contribution in [1.82, 2.24) is 4.98 Å². The molecule has 0 aliphatic carbocycles. The summed E-state index contributed by atoms with van der Waals surface area (Å²) in [4.78, 5) is 25.6. The standard InChI is InChI=1S/C10H12N2O4/c1-2-16-8(13)5-6-3-4-7(10(14)15)9(11)12-6/h3-4H,2,5H2,1H3,(H2,11,12)(H,14,15). The monoisotopic (exact) mass is 224 g/mol. The SMILES string of the molecule is CCOC(=O)Cc1ccc(C(=O)O)c(N)n1. The molecule has 0 saturated carbocycles. The van der Waals surface area contributed by atoms with Gasteiger partial charge in [0.2, 0.25) is 0 Å². The molecule has 1 aromatic heterocycles. The Bertz CT molecular complexity index is 417. The summed E-state index contributed by atoms with van der Waals surface area (Å²) in [5.41, 5.74) is 5.74. The highest BCUT2D eigenvalue weighted by Crippen LogP contribution is 2.10. The minimum Gasteiger partial charge on any atom is -0.478 e. The molecule has 0 amide bonds. The first-order chi connectivity index (χ1) is 7.54. The van der Waals surface area contributed by atoms with Gasteiger partial charge in [-0.1, -0.05) is 0 Å². The molecule has 0 aliphatic rings. The average Bonchev–Trinajstić information content (AvgIpc) is 2.17. The van der Waals surface area contributed by atoms with Crippen molar-refractivity contribution >= 4 is 17.8 Å². The quantitative estimate of drug-likeness (QED) is 0.720. The van der Waals surface area contributed by atoms with Crippen molar-refractivity contribution in [3.05, 3.63) is 23.4 Å². The van der Waals surface area contributed by atoms with Crippen molar-refractivity contribution in [2.24, 2.45) is 0 Å². The van der Waals surface area contributed by atoms with Crippen LogP contribution in [0.5, 0.6) is 0 Å². The van der Waals surface area contributed by atoms with E-state index < -0.39 is 11.9 Å². The number of pyridine rings is 1. The predicted molar refractivity (Wildman–Crippen MR) is 55.9 cm³/mol. The smallest absolute Gasteiger partial charge is 0.339 e. The molecule has 0 unspecified atom stereocenters. The summed E-state index contributed by atoms with van der Waals surface area (Å²) in [6.45, 7) is 1.99. The van der Waals surface area contributed by atoms with Crippen LogP contribution in [0.25, 0.3) is 0 Å². The number of nitrogens with zero attached hydrogens (tertiary/aromatic N) is 1. The fraction of sp³-hybridized carbons (Fsp3) is 0.300. The molecule has 0 aromatic carbocycles. The second kappa shape index (κ2) is 5.11. The highest BCUT2D eigenvalue weighted by atomic mass is 16.5. The van der Waals surface area contributed by atoms with Gasteiger partial charge in [-0.05, 0) is 19.1 Å². The number of carboxylic acid groups (broad SMARTS) is 1. The van der Waals surface area contributed by atoms with Gasteiger partial charge in [-0.3, -0.25) is 4.79 Å². The number of anilines is 1. The maximum atomic E-state index is 11.1. The Balaban J connectivity index is 2.81. The minimum atomic E-state index is -1.15. The third-order valence-corrected chi connectivity index (χ3v) is 1.84. The summed E-state index contributed by atoms with van der Waals surface area (Å²) in [5.74, 6) is -1.67. The number of carboxylic acids is 1. The molecule has 0 saturated heterocycles. The fourth-order valence-corrected chi connectivity index (χ4v) is 1.16. The van der Waals surface area contributed by atoms with Crippen LogP contribution in [0.1, 0.15) is 23.0 Å². The van der Waals surface area contributed by atoms with Gasteiger partial charge in [0.05, 0.1) is 18.7 Å². The third kappa shape index (κ3) is 2.94. The zero-order valence-corrected chi connectivity index (χ0v) is 8.77. The Hall–Kier alpha value is -2.11. The van der Waals surface area contributed by atoms with Crippen LogP contribution in [0.15, 0.2) is 12.1 Å². The van der Waals surface area contributed by atoms with E-state index in [9.17, 15) is 9.59 Å². The summed E-state index contributed by atoms with van der Waals surface area (Å²) in [6, 6.07) is 2.76. The predicted octanol–water partition coefficient (Wildman–Crippen LogP) is 0.468. The van der Waals surface area contributed by atoms with Gasteiger partial charge in [0.25, 0.3) is 0 Å². The molecule has 0 fully saturated rings. The lowest BCUT2D eigenvalue weighted by Gasteiger charge is -2.04. The fourth-order valence-electron chi connectivity index (χ4n) is 1.16. The lowest BCUT2D eigenvalue weighted by atomic mass is 10.2. The highest BCUT2D eigenvalue weighted by Gasteiger charge is 2.11. The van der Waals surface area contributed by atoms with Crippen LogP contribution in [0.3, 0.4) is 0 Å². The van der Waals surface area contributed by atoms with Crippen LogP contribution in [0.2, 0.25) is 0 Å². The van der Waals surface area contributed by atoms with Crippen LogP contribution in [-0.4, -0.2) is 28.6 Å². The summed E-state index contributed by atoms with van der Waals surface area (Å²) in [7, 11) is 0. The van der Waals surface area contributed by atoms with Crippen molar-refractivity contribution < 1.29 is 19.4 Å². The summed E-state index contributed by atoms with van der Waals surface area (Å²) >= 11 is 0. The van der Waals surface area contributed by atoms with Crippen molar-refractivity contribution in [1.29, 1.82) is 0 Å². The van der Waals surface area contributed by atoms with Gasteiger partial charge in [-0.15, -0.1) is 0 Å². The Kier molecular flexibility index (Phi) is 3.82. The number of nitrogen functional groups attached to an aromatic ring is 1. The molecule has 0 spiro atoms. The van der Waals surface area contributed by atoms with Crippen LogP contribution in [-0.2, 0) is 16.0 Å². The second-order valence-electron chi connectivity index (χ2n) is 3.02. The number of ether oxygens (including phenoxy) is 1. The minimum absolute atomic E-state index is 0.0159. The molecule has 3 N–H and O–H groups in total. The first-order valence-electron chi connectivity index (χ1n) is 4.69. The van der Waals surface area contributed by atoms with E-state index in [0.717, 1.165) is 0 Å². The lowest BCUT2D eigenvalue weighted by Crippen LogP contribution is -2.11.